The highest BCUT2D eigenvalue weighted by molar-refractivity contribution is 6.27. The van der Waals surface area contributed by atoms with Gasteiger partial charge in [0.2, 0.25) is 5.91 Å². The van der Waals surface area contributed by atoms with Gasteiger partial charge >= 0.3 is 5.97 Å². The second kappa shape index (κ2) is 6.91. The molecule has 4 nitrogen and oxygen atoms in total. The van der Waals surface area contributed by atoms with Gasteiger partial charge in [0, 0.05) is 6.42 Å². The molecule has 1 amide bonds. The summed E-state index contributed by atoms with van der Waals surface area (Å²) in [6, 6.07) is 8.67. The maximum absolute atomic E-state index is 11.5. The lowest BCUT2D eigenvalue weighted by molar-refractivity contribution is -0.144. The van der Waals surface area contributed by atoms with Crippen molar-refractivity contribution in [3.63, 3.8) is 0 Å². The number of nitrogens with one attached hydrogen (secondary N) is 1. The van der Waals surface area contributed by atoms with Gasteiger partial charge in [-0.15, -0.1) is 11.6 Å². The molecular formula is C12H14ClNO3. The molecule has 0 aromatic heterocycles. The fourth-order valence-electron chi connectivity index (χ4n) is 1.42. The Kier molecular flexibility index (Phi) is 5.49. The number of halogens is 1. The molecule has 0 fully saturated rings. The highest BCUT2D eigenvalue weighted by Gasteiger charge is 2.21. The van der Waals surface area contributed by atoms with Gasteiger partial charge in [-0.25, -0.2) is 4.79 Å². The number of rotatable bonds is 5. The lowest BCUT2D eigenvalue weighted by Gasteiger charge is -2.15. The van der Waals surface area contributed by atoms with E-state index in [1.807, 2.05) is 30.3 Å². The highest BCUT2D eigenvalue weighted by atomic mass is 35.5. The lowest BCUT2D eigenvalue weighted by atomic mass is 10.1. The summed E-state index contributed by atoms with van der Waals surface area (Å²) in [5, 5.41) is 2.52. The number of amides is 1. The quantitative estimate of drug-likeness (QED) is 0.634. The first-order valence-electron chi connectivity index (χ1n) is 5.14. The average Bonchev–Trinajstić information content (AvgIpc) is 2.38. The molecule has 1 N–H and O–H groups in total. The summed E-state index contributed by atoms with van der Waals surface area (Å²) in [7, 11) is 1.28. The van der Waals surface area contributed by atoms with Gasteiger partial charge in [0.05, 0.1) is 7.11 Å². The third-order valence-corrected chi connectivity index (χ3v) is 2.47. The molecular weight excluding hydrogens is 242 g/mol. The maximum Gasteiger partial charge on any atom is 0.328 e. The number of alkyl halides is 1. The van der Waals surface area contributed by atoms with Gasteiger partial charge in [0.15, 0.2) is 0 Å². The fraction of sp³-hybridized carbons (Fsp3) is 0.333. The second-order valence-electron chi connectivity index (χ2n) is 3.47. The van der Waals surface area contributed by atoms with E-state index >= 15 is 0 Å². The number of benzene rings is 1. The first-order chi connectivity index (χ1) is 8.17. The highest BCUT2D eigenvalue weighted by Crippen LogP contribution is 2.04. The van der Waals surface area contributed by atoms with E-state index in [1.54, 1.807) is 0 Å². The van der Waals surface area contributed by atoms with Crippen LogP contribution in [0.5, 0.6) is 0 Å². The van der Waals surface area contributed by atoms with E-state index in [0.29, 0.717) is 6.42 Å². The number of ether oxygens (including phenoxy) is 1. The molecule has 92 valence electrons. The Hall–Kier alpha value is -1.55. The molecule has 1 aromatic rings. The van der Waals surface area contributed by atoms with Crippen LogP contribution in [0.25, 0.3) is 0 Å². The molecule has 1 aromatic carbocycles. The molecule has 0 aliphatic carbocycles. The summed E-state index contributed by atoms with van der Waals surface area (Å²) >= 11 is 5.38. The fourth-order valence-corrected chi connectivity index (χ4v) is 1.50. The van der Waals surface area contributed by atoms with E-state index in [4.69, 9.17) is 11.6 Å². The second-order valence-corrected chi connectivity index (χ2v) is 3.73. The Morgan fingerprint density at radius 2 is 2.00 bits per heavy atom. The first-order valence-corrected chi connectivity index (χ1v) is 5.68. The van der Waals surface area contributed by atoms with Crippen molar-refractivity contribution in [3.05, 3.63) is 35.9 Å². The Balaban J connectivity index is 2.70. The lowest BCUT2D eigenvalue weighted by Crippen LogP contribution is -2.43. The van der Waals surface area contributed by atoms with Crippen molar-refractivity contribution in [2.75, 3.05) is 13.0 Å². The Morgan fingerprint density at radius 3 is 2.53 bits per heavy atom. The predicted molar refractivity (Wildman–Crippen MR) is 64.8 cm³/mol. The third-order valence-electron chi connectivity index (χ3n) is 2.22. The van der Waals surface area contributed by atoms with Crippen LogP contribution in [-0.4, -0.2) is 30.9 Å². The van der Waals surface area contributed by atoms with E-state index < -0.39 is 17.9 Å². The van der Waals surface area contributed by atoms with Crippen LogP contribution in [0.1, 0.15) is 5.56 Å². The van der Waals surface area contributed by atoms with Crippen LogP contribution in [0.2, 0.25) is 0 Å². The van der Waals surface area contributed by atoms with Crippen molar-refractivity contribution in [1.82, 2.24) is 5.32 Å². The van der Waals surface area contributed by atoms with Crippen LogP contribution >= 0.6 is 11.6 Å². The van der Waals surface area contributed by atoms with E-state index in [1.165, 1.54) is 7.11 Å². The van der Waals surface area contributed by atoms with Crippen molar-refractivity contribution in [3.8, 4) is 0 Å². The van der Waals surface area contributed by atoms with Crippen molar-refractivity contribution in [2.24, 2.45) is 0 Å². The summed E-state index contributed by atoms with van der Waals surface area (Å²) < 4.78 is 4.63. The molecule has 5 heteroatoms. The van der Waals surface area contributed by atoms with Crippen LogP contribution in [0, 0.1) is 0 Å². The van der Waals surface area contributed by atoms with Gasteiger partial charge in [0.25, 0.3) is 0 Å². The molecule has 1 rings (SSSR count). The molecule has 17 heavy (non-hydrogen) atoms. The van der Waals surface area contributed by atoms with Gasteiger partial charge < -0.3 is 10.1 Å². The minimum Gasteiger partial charge on any atom is -0.467 e. The van der Waals surface area contributed by atoms with Crippen LogP contribution in [-0.2, 0) is 20.7 Å². The van der Waals surface area contributed by atoms with E-state index in [-0.39, 0.29) is 5.88 Å². The zero-order valence-electron chi connectivity index (χ0n) is 9.48. The van der Waals surface area contributed by atoms with Crippen molar-refractivity contribution in [2.45, 2.75) is 12.5 Å². The van der Waals surface area contributed by atoms with Gasteiger partial charge in [-0.3, -0.25) is 4.79 Å². The third kappa shape index (κ3) is 4.44. The van der Waals surface area contributed by atoms with E-state index in [2.05, 4.69) is 10.1 Å². The molecule has 0 radical (unpaired) electrons. The Bertz CT molecular complexity index is 381. The largest absolute Gasteiger partial charge is 0.467 e. The number of hydrogen-bond donors (Lipinski definition) is 1. The van der Waals surface area contributed by atoms with Gasteiger partial charge in [-0.2, -0.15) is 0 Å². The summed E-state index contributed by atoms with van der Waals surface area (Å²) in [6.07, 6.45) is 0.385. The number of carbonyl (C=O) groups is 2. The maximum atomic E-state index is 11.5. The smallest absolute Gasteiger partial charge is 0.328 e. The SMILES string of the molecule is COC(=O)[C@H](Cc1ccccc1)NC(=O)CCl. The molecule has 0 saturated heterocycles. The van der Waals surface area contributed by atoms with Crippen molar-refractivity contribution >= 4 is 23.5 Å². The van der Waals surface area contributed by atoms with Crippen LogP contribution in [0.15, 0.2) is 30.3 Å². The summed E-state index contributed by atoms with van der Waals surface area (Å²) in [4.78, 5) is 22.7. The van der Waals surface area contributed by atoms with Crippen molar-refractivity contribution < 1.29 is 14.3 Å². The van der Waals surface area contributed by atoms with Gasteiger partial charge in [-0.05, 0) is 5.56 Å². The first kappa shape index (κ1) is 13.5. The predicted octanol–water partition coefficient (Wildman–Crippen LogP) is 1.13. The van der Waals surface area contributed by atoms with Crippen LogP contribution < -0.4 is 5.32 Å². The van der Waals surface area contributed by atoms with E-state index in [9.17, 15) is 9.59 Å². The van der Waals surface area contributed by atoms with Gasteiger partial charge in [-0.1, -0.05) is 30.3 Å². The molecule has 0 unspecified atom stereocenters. The van der Waals surface area contributed by atoms with Crippen LogP contribution in [0.3, 0.4) is 0 Å². The molecule has 0 aliphatic rings. The van der Waals surface area contributed by atoms with Crippen molar-refractivity contribution in [1.29, 1.82) is 0 Å². The number of carbonyl (C=O) groups excluding carboxylic acids is 2. The molecule has 0 saturated carbocycles. The van der Waals surface area contributed by atoms with Gasteiger partial charge in [0.1, 0.15) is 11.9 Å². The number of hydrogen-bond acceptors (Lipinski definition) is 3. The molecule has 0 bridgehead atoms. The summed E-state index contributed by atoms with van der Waals surface area (Å²) in [5.74, 6) is -1.05. The molecule has 1 atom stereocenters. The zero-order valence-corrected chi connectivity index (χ0v) is 10.2. The standard InChI is InChI=1S/C12H14ClNO3/c1-17-12(16)10(14-11(15)8-13)7-9-5-3-2-4-6-9/h2-6,10H,7-8H2,1H3,(H,14,15)/t10-/m0/s1. The summed E-state index contributed by atoms with van der Waals surface area (Å²) in [6.45, 7) is 0. The normalized spacial score (nSPS) is 11.6. The Labute approximate surface area is 105 Å². The minimum atomic E-state index is -0.700. The monoisotopic (exact) mass is 255 g/mol. The zero-order chi connectivity index (χ0) is 12.7. The number of methoxy groups -OCH3 is 1. The number of esters is 1. The molecule has 0 heterocycles. The van der Waals surface area contributed by atoms with E-state index in [0.717, 1.165) is 5.56 Å². The minimum absolute atomic E-state index is 0.178. The summed E-state index contributed by atoms with van der Waals surface area (Å²) in [5.41, 5.74) is 0.942. The Morgan fingerprint density at radius 1 is 1.35 bits per heavy atom. The topological polar surface area (TPSA) is 55.4 Å². The molecule has 0 spiro atoms. The van der Waals surface area contributed by atoms with Crippen LogP contribution in [0.4, 0.5) is 0 Å². The average molecular weight is 256 g/mol. The molecule has 0 aliphatic heterocycles.